The second-order valence-electron chi connectivity index (χ2n) is 6.73. The van der Waals surface area contributed by atoms with E-state index in [0.717, 1.165) is 0 Å². The van der Waals surface area contributed by atoms with Gasteiger partial charge in [0.25, 0.3) is 0 Å². The van der Waals surface area contributed by atoms with Gasteiger partial charge >= 0.3 is 0 Å². The van der Waals surface area contributed by atoms with Crippen molar-refractivity contribution in [3.8, 4) is 0 Å². The highest BCUT2D eigenvalue weighted by molar-refractivity contribution is 5.33. The van der Waals surface area contributed by atoms with E-state index in [1.807, 2.05) is 0 Å². The van der Waals surface area contributed by atoms with Crippen LogP contribution in [0.2, 0.25) is 0 Å². The smallest absolute Gasteiger partial charge is 0.0482 e. The molecular weight excluding hydrogens is 244 g/mol. The van der Waals surface area contributed by atoms with E-state index >= 15 is 0 Å². The third kappa shape index (κ3) is 2.91. The fraction of sp³-hybridized carbons (Fsp3) is 0.667. The summed E-state index contributed by atoms with van der Waals surface area (Å²) in [5.74, 6) is 0. The number of rotatable bonds is 3. The fourth-order valence-electron chi connectivity index (χ4n) is 3.65. The van der Waals surface area contributed by atoms with Crippen LogP contribution >= 0.6 is 0 Å². The summed E-state index contributed by atoms with van der Waals surface area (Å²) >= 11 is 0. The number of hydrogen-bond donors (Lipinski definition) is 1. The molecule has 1 aliphatic rings. The molecule has 112 valence electrons. The number of benzene rings is 1. The number of nitrogens with zero attached hydrogens (tertiary/aromatic N) is 1. The number of nitrogens with two attached hydrogens (primary N) is 1. The van der Waals surface area contributed by atoms with Crippen LogP contribution in [0.25, 0.3) is 0 Å². The van der Waals surface area contributed by atoms with Crippen LogP contribution in [0.1, 0.15) is 61.3 Å². The molecule has 1 aromatic carbocycles. The maximum atomic E-state index is 6.75. The molecule has 2 rings (SSSR count). The maximum Gasteiger partial charge on any atom is 0.0482 e. The fourth-order valence-corrected chi connectivity index (χ4v) is 3.65. The first kappa shape index (κ1) is 15.5. The number of aryl methyl sites for hydroxylation is 2. The summed E-state index contributed by atoms with van der Waals surface area (Å²) in [7, 11) is 4.40. The molecule has 0 aromatic heterocycles. The Labute approximate surface area is 124 Å². The summed E-state index contributed by atoms with van der Waals surface area (Å²) in [6, 6.07) is 6.83. The van der Waals surface area contributed by atoms with Crippen molar-refractivity contribution >= 4 is 0 Å². The highest BCUT2D eigenvalue weighted by Gasteiger charge is 2.39. The topological polar surface area (TPSA) is 29.3 Å². The number of likely N-dealkylation sites (N-methyl/N-ethyl adjacent to an activating group) is 1. The van der Waals surface area contributed by atoms with Crippen molar-refractivity contribution in [1.29, 1.82) is 0 Å². The highest BCUT2D eigenvalue weighted by atomic mass is 15.2. The summed E-state index contributed by atoms with van der Waals surface area (Å²) in [6.07, 6.45) is 7.75. The molecule has 0 bridgehead atoms. The molecular formula is C18H30N2. The van der Waals surface area contributed by atoms with Crippen LogP contribution < -0.4 is 5.73 Å². The molecule has 0 radical (unpaired) electrons. The summed E-state index contributed by atoms with van der Waals surface area (Å²) in [5.41, 5.74) is 10.9. The monoisotopic (exact) mass is 274 g/mol. The molecule has 0 amide bonds. The summed E-state index contributed by atoms with van der Waals surface area (Å²) < 4.78 is 0. The Balaban J connectivity index is 2.34. The molecule has 1 aliphatic carbocycles. The van der Waals surface area contributed by atoms with Gasteiger partial charge in [-0.15, -0.1) is 0 Å². The Hall–Kier alpha value is -0.860. The van der Waals surface area contributed by atoms with Crippen LogP contribution in [0.15, 0.2) is 18.2 Å². The van der Waals surface area contributed by atoms with Gasteiger partial charge in [-0.2, -0.15) is 0 Å². The van der Waals surface area contributed by atoms with Gasteiger partial charge in [0.15, 0.2) is 0 Å². The zero-order valence-electron chi connectivity index (χ0n) is 13.6. The van der Waals surface area contributed by atoms with Gasteiger partial charge in [0.05, 0.1) is 0 Å². The number of hydrogen-bond acceptors (Lipinski definition) is 2. The van der Waals surface area contributed by atoms with Crippen LogP contribution in [0.3, 0.4) is 0 Å². The van der Waals surface area contributed by atoms with Gasteiger partial charge in [0.2, 0.25) is 0 Å². The zero-order chi connectivity index (χ0) is 14.8. The Morgan fingerprint density at radius 1 is 1.00 bits per heavy atom. The maximum absolute atomic E-state index is 6.75. The molecule has 0 aliphatic heterocycles. The second kappa shape index (κ2) is 6.28. The average molecular weight is 274 g/mol. The third-order valence-corrected chi connectivity index (χ3v) is 5.33. The molecule has 0 saturated heterocycles. The van der Waals surface area contributed by atoms with E-state index in [9.17, 15) is 0 Å². The van der Waals surface area contributed by atoms with E-state index in [0.29, 0.717) is 0 Å². The molecule has 1 aromatic rings. The minimum absolute atomic E-state index is 0.106. The van der Waals surface area contributed by atoms with Crippen molar-refractivity contribution in [3.05, 3.63) is 34.9 Å². The van der Waals surface area contributed by atoms with Crippen molar-refractivity contribution in [1.82, 2.24) is 4.90 Å². The molecule has 1 unspecified atom stereocenters. The summed E-state index contributed by atoms with van der Waals surface area (Å²) in [6.45, 7) is 4.35. The van der Waals surface area contributed by atoms with E-state index in [1.54, 1.807) is 0 Å². The van der Waals surface area contributed by atoms with Crippen molar-refractivity contribution in [2.24, 2.45) is 5.73 Å². The van der Waals surface area contributed by atoms with E-state index in [1.165, 1.54) is 55.2 Å². The lowest BCUT2D eigenvalue weighted by atomic mass is 9.78. The molecule has 0 heterocycles. The van der Waals surface area contributed by atoms with Crippen molar-refractivity contribution in [2.75, 3.05) is 14.1 Å². The van der Waals surface area contributed by atoms with Crippen LogP contribution in [0.4, 0.5) is 0 Å². The van der Waals surface area contributed by atoms with Crippen LogP contribution in [-0.2, 0) is 0 Å². The van der Waals surface area contributed by atoms with Gasteiger partial charge in [-0.25, -0.2) is 0 Å². The third-order valence-electron chi connectivity index (χ3n) is 5.33. The van der Waals surface area contributed by atoms with Crippen molar-refractivity contribution in [3.63, 3.8) is 0 Å². The molecule has 0 spiro atoms. The van der Waals surface area contributed by atoms with Gasteiger partial charge in [-0.3, -0.25) is 0 Å². The Morgan fingerprint density at radius 3 is 2.10 bits per heavy atom. The molecule has 2 N–H and O–H groups in total. The normalized spacial score (nSPS) is 20.7. The van der Waals surface area contributed by atoms with Gasteiger partial charge in [-0.05, 0) is 57.5 Å². The first-order valence-electron chi connectivity index (χ1n) is 7.97. The SMILES string of the molecule is Cc1ccc(C(N)C2(N(C)C)CCCCCC2)cc1C. The van der Waals surface area contributed by atoms with E-state index in [2.05, 4.69) is 51.0 Å². The lowest BCUT2D eigenvalue weighted by molar-refractivity contribution is 0.0969. The lowest BCUT2D eigenvalue weighted by Gasteiger charge is -2.44. The predicted molar refractivity (Wildman–Crippen MR) is 87.0 cm³/mol. The van der Waals surface area contributed by atoms with Crippen molar-refractivity contribution in [2.45, 2.75) is 64.0 Å². The van der Waals surface area contributed by atoms with E-state index < -0.39 is 0 Å². The summed E-state index contributed by atoms with van der Waals surface area (Å²) in [4.78, 5) is 2.39. The van der Waals surface area contributed by atoms with Gasteiger partial charge in [-0.1, -0.05) is 43.9 Å². The van der Waals surface area contributed by atoms with E-state index in [-0.39, 0.29) is 11.6 Å². The van der Waals surface area contributed by atoms with Gasteiger partial charge in [0, 0.05) is 11.6 Å². The van der Waals surface area contributed by atoms with Crippen LogP contribution in [-0.4, -0.2) is 24.5 Å². The standard InChI is InChI=1S/C18H30N2/c1-14-9-10-16(13-15(14)2)17(19)18(20(3)4)11-7-5-6-8-12-18/h9-10,13,17H,5-8,11-12,19H2,1-4H3. The second-order valence-corrected chi connectivity index (χ2v) is 6.73. The predicted octanol–water partition coefficient (Wildman–Crippen LogP) is 3.96. The first-order chi connectivity index (χ1) is 9.47. The van der Waals surface area contributed by atoms with Gasteiger partial charge in [0.1, 0.15) is 0 Å². The minimum atomic E-state index is 0.106. The molecule has 20 heavy (non-hydrogen) atoms. The van der Waals surface area contributed by atoms with Crippen LogP contribution in [0, 0.1) is 13.8 Å². The quantitative estimate of drug-likeness (QED) is 0.845. The van der Waals surface area contributed by atoms with Gasteiger partial charge < -0.3 is 10.6 Å². The molecule has 1 atom stereocenters. The van der Waals surface area contributed by atoms with Crippen molar-refractivity contribution < 1.29 is 0 Å². The highest BCUT2D eigenvalue weighted by Crippen LogP contribution is 2.40. The molecule has 2 nitrogen and oxygen atoms in total. The minimum Gasteiger partial charge on any atom is -0.322 e. The molecule has 2 heteroatoms. The lowest BCUT2D eigenvalue weighted by Crippen LogP contribution is -2.52. The Bertz CT molecular complexity index is 443. The molecule has 1 fully saturated rings. The summed E-state index contributed by atoms with van der Waals surface area (Å²) in [5, 5.41) is 0. The largest absolute Gasteiger partial charge is 0.322 e. The van der Waals surface area contributed by atoms with Crippen LogP contribution in [0.5, 0.6) is 0 Å². The Kier molecular flexibility index (Phi) is 4.87. The molecule has 1 saturated carbocycles. The Morgan fingerprint density at radius 2 is 1.60 bits per heavy atom. The first-order valence-corrected chi connectivity index (χ1v) is 7.97. The van der Waals surface area contributed by atoms with E-state index in [4.69, 9.17) is 5.73 Å². The average Bonchev–Trinajstić information content (AvgIpc) is 2.67. The zero-order valence-corrected chi connectivity index (χ0v) is 13.6.